The standard InChI is InChI=1S/C17H13BrN4O2/c18-11-7-9(1-2-15(11)23)16-19-5-4-13(22-16)14-8-10-12(21-14)3-6-20-17(10)24/h1-2,4-5,7-8,21,23H,3,6H2,(H,20,24). The van der Waals surface area contributed by atoms with Gasteiger partial charge in [-0.3, -0.25) is 4.79 Å². The number of rotatable bonds is 2. The lowest BCUT2D eigenvalue weighted by atomic mass is 10.1. The molecule has 0 unspecified atom stereocenters. The number of hydrogen-bond acceptors (Lipinski definition) is 4. The lowest BCUT2D eigenvalue weighted by Crippen LogP contribution is -2.31. The zero-order valence-electron chi connectivity index (χ0n) is 12.5. The van der Waals surface area contributed by atoms with Crippen molar-refractivity contribution < 1.29 is 9.90 Å². The number of phenols is 1. The number of aromatic nitrogens is 3. The van der Waals surface area contributed by atoms with E-state index < -0.39 is 0 Å². The molecular weight excluding hydrogens is 372 g/mol. The van der Waals surface area contributed by atoms with Gasteiger partial charge in [-0.1, -0.05) is 0 Å². The summed E-state index contributed by atoms with van der Waals surface area (Å²) in [6, 6.07) is 8.73. The first kappa shape index (κ1) is 14.9. The summed E-state index contributed by atoms with van der Waals surface area (Å²) in [5, 5.41) is 12.4. The van der Waals surface area contributed by atoms with Crippen molar-refractivity contribution in [2.45, 2.75) is 6.42 Å². The molecule has 1 aromatic carbocycles. The van der Waals surface area contributed by atoms with E-state index in [9.17, 15) is 9.90 Å². The number of benzene rings is 1. The summed E-state index contributed by atoms with van der Waals surface area (Å²) in [6.45, 7) is 0.641. The van der Waals surface area contributed by atoms with Crippen LogP contribution in [0.5, 0.6) is 5.75 Å². The number of H-pyrrole nitrogens is 1. The predicted molar refractivity (Wildman–Crippen MR) is 92.7 cm³/mol. The molecule has 3 heterocycles. The molecule has 6 nitrogen and oxygen atoms in total. The Morgan fingerprint density at radius 2 is 2.08 bits per heavy atom. The lowest BCUT2D eigenvalue weighted by Gasteiger charge is -2.10. The second-order valence-corrected chi connectivity index (χ2v) is 6.37. The molecule has 1 aliphatic rings. The monoisotopic (exact) mass is 384 g/mol. The first-order valence-electron chi connectivity index (χ1n) is 7.44. The first-order chi connectivity index (χ1) is 11.6. The van der Waals surface area contributed by atoms with Gasteiger partial charge in [-0.2, -0.15) is 0 Å². The molecule has 2 aromatic heterocycles. The van der Waals surface area contributed by atoms with Gasteiger partial charge in [-0.25, -0.2) is 9.97 Å². The van der Waals surface area contributed by atoms with Crippen LogP contribution < -0.4 is 5.32 Å². The van der Waals surface area contributed by atoms with E-state index in [1.807, 2.05) is 6.07 Å². The van der Waals surface area contributed by atoms with E-state index in [1.165, 1.54) is 0 Å². The van der Waals surface area contributed by atoms with Crippen molar-refractivity contribution in [3.63, 3.8) is 0 Å². The van der Waals surface area contributed by atoms with Crippen LogP contribution >= 0.6 is 15.9 Å². The smallest absolute Gasteiger partial charge is 0.253 e. The molecule has 4 rings (SSSR count). The molecule has 0 atom stereocenters. The van der Waals surface area contributed by atoms with E-state index in [1.54, 1.807) is 30.5 Å². The van der Waals surface area contributed by atoms with E-state index in [-0.39, 0.29) is 11.7 Å². The molecule has 1 aliphatic heterocycles. The van der Waals surface area contributed by atoms with Crippen molar-refractivity contribution in [3.8, 4) is 28.5 Å². The van der Waals surface area contributed by atoms with Gasteiger partial charge in [0.15, 0.2) is 5.82 Å². The molecule has 0 radical (unpaired) electrons. The Morgan fingerprint density at radius 1 is 1.21 bits per heavy atom. The number of nitrogens with one attached hydrogen (secondary N) is 2. The Morgan fingerprint density at radius 3 is 2.88 bits per heavy atom. The van der Waals surface area contributed by atoms with Gasteiger partial charge in [-0.05, 0) is 46.3 Å². The molecule has 3 N–H and O–H groups in total. The SMILES string of the molecule is O=C1NCCc2[nH]c(-c3ccnc(-c4ccc(O)c(Br)c4)n3)cc21. The summed E-state index contributed by atoms with van der Waals surface area (Å²) in [6.07, 6.45) is 2.46. The molecule has 7 heteroatoms. The van der Waals surface area contributed by atoms with Crippen LogP contribution in [0.1, 0.15) is 16.1 Å². The normalized spacial score (nSPS) is 13.5. The molecule has 0 spiro atoms. The Hall–Kier alpha value is -2.67. The van der Waals surface area contributed by atoms with Crippen molar-refractivity contribution in [1.82, 2.24) is 20.3 Å². The number of carbonyl (C=O) groups excluding carboxylic acids is 1. The Balaban J connectivity index is 1.75. The van der Waals surface area contributed by atoms with Crippen molar-refractivity contribution in [3.05, 3.63) is 52.3 Å². The third kappa shape index (κ3) is 2.56. The van der Waals surface area contributed by atoms with Crippen LogP contribution in [0.2, 0.25) is 0 Å². The molecule has 1 amide bonds. The van der Waals surface area contributed by atoms with Crippen LogP contribution in [0.3, 0.4) is 0 Å². The largest absolute Gasteiger partial charge is 0.507 e. The van der Waals surface area contributed by atoms with Gasteiger partial charge in [0, 0.05) is 30.4 Å². The average Bonchev–Trinajstić information content (AvgIpc) is 3.03. The number of halogens is 1. The number of carbonyl (C=O) groups is 1. The highest BCUT2D eigenvalue weighted by Crippen LogP contribution is 2.29. The molecule has 0 aliphatic carbocycles. The average molecular weight is 385 g/mol. The molecular formula is C17H13BrN4O2. The molecule has 0 saturated heterocycles. The number of amides is 1. The highest BCUT2D eigenvalue weighted by molar-refractivity contribution is 9.10. The van der Waals surface area contributed by atoms with Crippen molar-refractivity contribution >= 4 is 21.8 Å². The van der Waals surface area contributed by atoms with Crippen LogP contribution in [0, 0.1) is 0 Å². The minimum absolute atomic E-state index is 0.0597. The van der Waals surface area contributed by atoms with Crippen LogP contribution in [-0.4, -0.2) is 32.5 Å². The zero-order chi connectivity index (χ0) is 16.7. The fourth-order valence-corrected chi connectivity index (χ4v) is 3.10. The quantitative estimate of drug-likeness (QED) is 0.633. The van der Waals surface area contributed by atoms with Gasteiger partial charge in [0.2, 0.25) is 0 Å². The minimum Gasteiger partial charge on any atom is -0.507 e. The van der Waals surface area contributed by atoms with Crippen LogP contribution in [0.4, 0.5) is 0 Å². The Kier molecular flexibility index (Phi) is 3.57. The Labute approximate surface area is 146 Å². The van der Waals surface area contributed by atoms with Gasteiger partial charge in [0.05, 0.1) is 21.4 Å². The molecule has 3 aromatic rings. The lowest BCUT2D eigenvalue weighted by molar-refractivity contribution is 0.0946. The zero-order valence-corrected chi connectivity index (χ0v) is 14.1. The van der Waals surface area contributed by atoms with Gasteiger partial charge < -0.3 is 15.4 Å². The van der Waals surface area contributed by atoms with Crippen molar-refractivity contribution in [2.24, 2.45) is 0 Å². The van der Waals surface area contributed by atoms with E-state index in [0.717, 1.165) is 23.4 Å². The third-order valence-electron chi connectivity index (χ3n) is 3.94. The van der Waals surface area contributed by atoms with Gasteiger partial charge >= 0.3 is 0 Å². The highest BCUT2D eigenvalue weighted by atomic mass is 79.9. The summed E-state index contributed by atoms with van der Waals surface area (Å²) in [7, 11) is 0. The summed E-state index contributed by atoms with van der Waals surface area (Å²) in [5.74, 6) is 0.652. The maximum atomic E-state index is 11.9. The number of aromatic amines is 1. The summed E-state index contributed by atoms with van der Waals surface area (Å²) >= 11 is 3.30. The number of fused-ring (bicyclic) bond motifs is 1. The van der Waals surface area contributed by atoms with E-state index >= 15 is 0 Å². The third-order valence-corrected chi connectivity index (χ3v) is 4.58. The molecule has 24 heavy (non-hydrogen) atoms. The molecule has 0 saturated carbocycles. The summed E-state index contributed by atoms with van der Waals surface area (Å²) < 4.78 is 0.584. The first-order valence-corrected chi connectivity index (χ1v) is 8.23. The second-order valence-electron chi connectivity index (χ2n) is 5.51. The minimum atomic E-state index is -0.0597. The highest BCUT2D eigenvalue weighted by Gasteiger charge is 2.20. The molecule has 0 fully saturated rings. The number of nitrogens with zero attached hydrogens (tertiary/aromatic N) is 2. The fraction of sp³-hybridized carbons (Fsp3) is 0.118. The van der Waals surface area contributed by atoms with Gasteiger partial charge in [-0.15, -0.1) is 0 Å². The maximum absolute atomic E-state index is 11.9. The van der Waals surface area contributed by atoms with Crippen molar-refractivity contribution in [1.29, 1.82) is 0 Å². The second kappa shape index (κ2) is 5.76. The fourth-order valence-electron chi connectivity index (χ4n) is 2.73. The maximum Gasteiger partial charge on any atom is 0.253 e. The van der Waals surface area contributed by atoms with Crippen LogP contribution in [0.15, 0.2) is 41.0 Å². The summed E-state index contributed by atoms with van der Waals surface area (Å²) in [5.41, 5.74) is 3.89. The molecule has 120 valence electrons. The van der Waals surface area contributed by atoms with E-state index in [2.05, 4.69) is 36.2 Å². The Bertz CT molecular complexity index is 952. The van der Waals surface area contributed by atoms with Crippen molar-refractivity contribution in [2.75, 3.05) is 6.54 Å². The number of hydrogen-bond donors (Lipinski definition) is 3. The number of aromatic hydroxyl groups is 1. The van der Waals surface area contributed by atoms with Gasteiger partial charge in [0.1, 0.15) is 5.75 Å². The predicted octanol–water partition coefficient (Wildman–Crippen LogP) is 2.89. The molecule has 0 bridgehead atoms. The van der Waals surface area contributed by atoms with Crippen LogP contribution in [0.25, 0.3) is 22.8 Å². The van der Waals surface area contributed by atoms with E-state index in [0.29, 0.717) is 28.1 Å². The number of phenolic OH excluding ortho intramolecular Hbond substituents is 1. The van der Waals surface area contributed by atoms with Gasteiger partial charge in [0.25, 0.3) is 5.91 Å². The van der Waals surface area contributed by atoms with Crippen LogP contribution in [-0.2, 0) is 6.42 Å². The topological polar surface area (TPSA) is 90.9 Å². The summed E-state index contributed by atoms with van der Waals surface area (Å²) in [4.78, 5) is 24.0. The van der Waals surface area contributed by atoms with E-state index in [4.69, 9.17) is 0 Å².